The molecule has 4 rings (SSSR count). The van der Waals surface area contributed by atoms with Crippen LogP contribution in [0.25, 0.3) is 0 Å². The molecule has 0 saturated carbocycles. The molecular weight excluding hydrogens is 459 g/mol. The fraction of sp³-hybridized carbons (Fsp3) is 0.370. The first-order valence-electron chi connectivity index (χ1n) is 12.1. The van der Waals surface area contributed by atoms with Gasteiger partial charge >= 0.3 is 0 Å². The third-order valence-electron chi connectivity index (χ3n) is 6.26. The van der Waals surface area contributed by atoms with Gasteiger partial charge in [0, 0.05) is 18.8 Å². The van der Waals surface area contributed by atoms with Gasteiger partial charge in [-0.1, -0.05) is 50.2 Å². The number of likely N-dealkylation sites (tertiary alicyclic amines) is 1. The summed E-state index contributed by atoms with van der Waals surface area (Å²) in [6, 6.07) is 13.6. The summed E-state index contributed by atoms with van der Waals surface area (Å²) < 4.78 is 14.4. The third kappa shape index (κ3) is 6.02. The molecule has 3 atom stereocenters. The molecular formula is C27H31FN6O2. The van der Waals surface area contributed by atoms with Gasteiger partial charge in [0.15, 0.2) is 0 Å². The van der Waals surface area contributed by atoms with E-state index in [9.17, 15) is 14.0 Å². The summed E-state index contributed by atoms with van der Waals surface area (Å²) >= 11 is 0. The van der Waals surface area contributed by atoms with Crippen LogP contribution in [-0.2, 0) is 9.59 Å². The Kier molecular flexibility index (Phi) is 7.87. The van der Waals surface area contributed by atoms with Crippen LogP contribution in [0.4, 0.5) is 10.2 Å². The van der Waals surface area contributed by atoms with E-state index in [0.29, 0.717) is 23.3 Å². The summed E-state index contributed by atoms with van der Waals surface area (Å²) in [6.45, 7) is 5.70. The number of alkyl halides is 1. The van der Waals surface area contributed by atoms with E-state index in [-0.39, 0.29) is 25.4 Å². The molecule has 1 aliphatic rings. The molecule has 9 heteroatoms. The smallest absolute Gasteiger partial charge is 0.243 e. The highest BCUT2D eigenvalue weighted by Gasteiger charge is 2.40. The molecule has 1 aliphatic heterocycles. The van der Waals surface area contributed by atoms with E-state index in [0.717, 1.165) is 11.1 Å². The van der Waals surface area contributed by atoms with Crippen molar-refractivity contribution in [3.8, 4) is 0 Å². The van der Waals surface area contributed by atoms with E-state index in [1.165, 1.54) is 4.90 Å². The lowest BCUT2D eigenvalue weighted by Crippen LogP contribution is -2.48. The molecule has 1 aromatic carbocycles. The lowest BCUT2D eigenvalue weighted by molar-refractivity contribution is -0.137. The van der Waals surface area contributed by atoms with Crippen LogP contribution < -0.4 is 10.6 Å². The van der Waals surface area contributed by atoms with Gasteiger partial charge in [-0.05, 0) is 36.1 Å². The second-order valence-electron chi connectivity index (χ2n) is 9.26. The maximum absolute atomic E-state index is 14.4. The van der Waals surface area contributed by atoms with Crippen LogP contribution in [0.15, 0.2) is 60.9 Å². The molecule has 2 N–H and O–H groups in total. The zero-order valence-corrected chi connectivity index (χ0v) is 20.7. The number of rotatable bonds is 8. The number of carbonyl (C=O) groups is 2. The van der Waals surface area contributed by atoms with Crippen molar-refractivity contribution in [3.05, 3.63) is 83.6 Å². The number of pyridine rings is 1. The second kappa shape index (κ2) is 11.2. The molecule has 2 amide bonds. The normalized spacial score (nSPS) is 18.2. The molecule has 2 aromatic heterocycles. The van der Waals surface area contributed by atoms with Gasteiger partial charge in [-0.3, -0.25) is 14.6 Å². The molecule has 0 aliphatic carbocycles. The topological polar surface area (TPSA) is 100 Å². The number of anilines is 1. The quantitative estimate of drug-likeness (QED) is 0.501. The highest BCUT2D eigenvalue weighted by Crippen LogP contribution is 2.26. The Morgan fingerprint density at radius 2 is 1.86 bits per heavy atom. The van der Waals surface area contributed by atoms with Crippen molar-refractivity contribution >= 4 is 17.6 Å². The fourth-order valence-electron chi connectivity index (χ4n) is 4.27. The molecule has 1 fully saturated rings. The summed E-state index contributed by atoms with van der Waals surface area (Å²) in [5.74, 6) is 0.604. The highest BCUT2D eigenvalue weighted by atomic mass is 19.1. The summed E-state index contributed by atoms with van der Waals surface area (Å²) in [6.07, 6.45) is 2.08. The first kappa shape index (κ1) is 25.2. The largest absolute Gasteiger partial charge is 0.361 e. The second-order valence-corrected chi connectivity index (χ2v) is 9.26. The molecule has 3 heterocycles. The number of carbonyl (C=O) groups excluding carboxylic acids is 2. The minimum absolute atomic E-state index is 0.0502. The van der Waals surface area contributed by atoms with Crippen LogP contribution in [0.3, 0.4) is 0 Å². The summed E-state index contributed by atoms with van der Waals surface area (Å²) in [7, 11) is 0. The lowest BCUT2D eigenvalue weighted by Gasteiger charge is -2.27. The van der Waals surface area contributed by atoms with E-state index < -0.39 is 24.2 Å². The van der Waals surface area contributed by atoms with Gasteiger partial charge in [-0.2, -0.15) is 0 Å². The van der Waals surface area contributed by atoms with Crippen LogP contribution >= 0.6 is 0 Å². The van der Waals surface area contributed by atoms with Crippen molar-refractivity contribution in [1.82, 2.24) is 25.2 Å². The van der Waals surface area contributed by atoms with Crippen LogP contribution in [0.1, 0.15) is 54.9 Å². The predicted octanol–water partition coefficient (Wildman–Crippen LogP) is 3.56. The summed E-state index contributed by atoms with van der Waals surface area (Å²) in [5.41, 5.74) is 2.62. The van der Waals surface area contributed by atoms with Crippen molar-refractivity contribution in [1.29, 1.82) is 0 Å². The van der Waals surface area contributed by atoms with E-state index in [2.05, 4.69) is 39.4 Å². The maximum atomic E-state index is 14.4. The number of amides is 2. The average Bonchev–Trinajstić information content (AvgIpc) is 3.28. The fourth-order valence-corrected chi connectivity index (χ4v) is 4.27. The summed E-state index contributed by atoms with van der Waals surface area (Å²) in [4.78, 5) is 40.5. The lowest BCUT2D eigenvalue weighted by atomic mass is 10.00. The van der Waals surface area contributed by atoms with E-state index in [4.69, 9.17) is 0 Å². The van der Waals surface area contributed by atoms with Crippen LogP contribution in [0.2, 0.25) is 0 Å². The number of halogens is 1. The van der Waals surface area contributed by atoms with E-state index in [1.807, 2.05) is 48.7 Å². The van der Waals surface area contributed by atoms with Gasteiger partial charge in [0.2, 0.25) is 11.8 Å². The Labute approximate surface area is 210 Å². The van der Waals surface area contributed by atoms with E-state index >= 15 is 0 Å². The zero-order valence-electron chi connectivity index (χ0n) is 20.7. The van der Waals surface area contributed by atoms with Gasteiger partial charge in [0.1, 0.15) is 23.9 Å². The molecule has 1 saturated heterocycles. The molecule has 0 radical (unpaired) electrons. The van der Waals surface area contributed by atoms with Crippen LogP contribution in [-0.4, -0.2) is 57.0 Å². The average molecular weight is 491 g/mol. The van der Waals surface area contributed by atoms with Crippen LogP contribution in [0.5, 0.6) is 0 Å². The van der Waals surface area contributed by atoms with Gasteiger partial charge in [-0.25, -0.2) is 14.4 Å². The first-order valence-corrected chi connectivity index (χ1v) is 12.1. The predicted molar refractivity (Wildman–Crippen MR) is 135 cm³/mol. The van der Waals surface area contributed by atoms with E-state index in [1.54, 1.807) is 19.2 Å². The maximum Gasteiger partial charge on any atom is 0.243 e. The van der Waals surface area contributed by atoms with Gasteiger partial charge in [-0.15, -0.1) is 0 Å². The highest BCUT2D eigenvalue weighted by molar-refractivity contribution is 5.90. The number of aryl methyl sites for hydroxylation is 1. The Bertz CT molecular complexity index is 1190. The van der Waals surface area contributed by atoms with Crippen molar-refractivity contribution in [2.24, 2.45) is 0 Å². The van der Waals surface area contributed by atoms with Crippen LogP contribution in [0, 0.1) is 6.92 Å². The van der Waals surface area contributed by atoms with Crippen molar-refractivity contribution in [2.45, 2.75) is 51.4 Å². The Balaban J connectivity index is 1.50. The first-order chi connectivity index (χ1) is 17.3. The Morgan fingerprint density at radius 1 is 1.08 bits per heavy atom. The number of nitrogens with zero attached hydrogens (tertiary/aromatic N) is 4. The molecule has 0 spiro atoms. The van der Waals surface area contributed by atoms with Gasteiger partial charge in [0.05, 0.1) is 24.8 Å². The number of aromatic nitrogens is 3. The van der Waals surface area contributed by atoms with Crippen molar-refractivity contribution < 1.29 is 14.0 Å². The minimum Gasteiger partial charge on any atom is -0.361 e. The van der Waals surface area contributed by atoms with Gasteiger partial charge in [0.25, 0.3) is 0 Å². The van der Waals surface area contributed by atoms with Gasteiger partial charge < -0.3 is 15.5 Å². The third-order valence-corrected chi connectivity index (χ3v) is 6.26. The Morgan fingerprint density at radius 3 is 2.53 bits per heavy atom. The number of nitrogens with one attached hydrogen (secondary N) is 2. The number of hydrogen-bond donors (Lipinski definition) is 2. The molecule has 3 unspecified atom stereocenters. The number of hydrogen-bond acceptors (Lipinski definition) is 6. The number of benzene rings is 1. The molecule has 188 valence electrons. The molecule has 3 aromatic rings. The van der Waals surface area contributed by atoms with Crippen molar-refractivity contribution in [2.75, 3.05) is 18.4 Å². The SMILES string of the molecule is Cc1nccc(NCC(=O)N2CC(F)CC2C(=O)NC(c2ccccc2)c2ccc(C(C)C)cn2)n1. The standard InChI is InChI=1S/C27H31FN6O2/c1-17(2)20-9-10-22(30-14-20)26(19-7-5-4-6-8-19)33-27(36)23-13-21(28)16-34(23)25(35)15-31-24-11-12-29-18(3)32-24/h4-12,14,17,21,23,26H,13,15-16H2,1-3H3,(H,33,36)(H,29,31,32). The Hall–Kier alpha value is -3.88. The minimum atomic E-state index is -1.27. The zero-order chi connectivity index (χ0) is 25.7. The monoisotopic (exact) mass is 490 g/mol. The molecule has 36 heavy (non-hydrogen) atoms. The molecule has 8 nitrogen and oxygen atoms in total. The molecule has 0 bridgehead atoms. The van der Waals surface area contributed by atoms with Crippen molar-refractivity contribution in [3.63, 3.8) is 0 Å². The summed E-state index contributed by atoms with van der Waals surface area (Å²) in [5, 5.41) is 5.96.